The second kappa shape index (κ2) is 7.61. The third kappa shape index (κ3) is 4.76. The third-order valence-electron chi connectivity index (χ3n) is 4.08. The summed E-state index contributed by atoms with van der Waals surface area (Å²) in [6.07, 6.45) is 3.12. The van der Waals surface area contributed by atoms with Crippen LogP contribution in [-0.4, -0.2) is 45.9 Å². The maximum Gasteiger partial charge on any atom is 0.254 e. The van der Waals surface area contributed by atoms with Crippen LogP contribution in [0.25, 0.3) is 0 Å². The van der Waals surface area contributed by atoms with Gasteiger partial charge < -0.3 is 9.84 Å². The highest BCUT2D eigenvalue weighted by Crippen LogP contribution is 2.22. The second-order valence-electron chi connectivity index (χ2n) is 6.69. The molecule has 0 spiro atoms. The molecular formula is C19H23NO5. The first-order valence-corrected chi connectivity index (χ1v) is 8.18. The van der Waals surface area contributed by atoms with Crippen LogP contribution < -0.4 is 4.74 Å². The quantitative estimate of drug-likeness (QED) is 0.724. The van der Waals surface area contributed by atoms with Crippen molar-refractivity contribution in [2.45, 2.75) is 45.3 Å². The highest BCUT2D eigenvalue weighted by Gasteiger charge is 2.33. The van der Waals surface area contributed by atoms with E-state index >= 15 is 0 Å². The first kappa shape index (κ1) is 18.9. The average Bonchev–Trinajstić information content (AvgIpc) is 2.85. The zero-order valence-corrected chi connectivity index (χ0v) is 14.7. The standard InChI is InChI=1S/C19H23NO5/c1-13(22)16(20-17(23)8-9-18(20)24)12-14-4-6-15(7-5-14)25-19(2,3)10-11-21/h4-9,16,21H,10-12H2,1-3H3. The molecule has 1 atom stereocenters. The second-order valence-corrected chi connectivity index (χ2v) is 6.69. The lowest BCUT2D eigenvalue weighted by Gasteiger charge is -2.26. The number of carbonyl (C=O) groups is 3. The smallest absolute Gasteiger partial charge is 0.254 e. The first-order valence-electron chi connectivity index (χ1n) is 8.18. The Balaban J connectivity index is 2.09. The van der Waals surface area contributed by atoms with Gasteiger partial charge in [0.05, 0.1) is 0 Å². The van der Waals surface area contributed by atoms with Crippen LogP contribution in [0.15, 0.2) is 36.4 Å². The van der Waals surface area contributed by atoms with Crippen molar-refractivity contribution in [2.24, 2.45) is 0 Å². The van der Waals surface area contributed by atoms with Gasteiger partial charge in [0, 0.05) is 31.6 Å². The number of aliphatic hydroxyl groups is 1. The maximum absolute atomic E-state index is 11.9. The van der Waals surface area contributed by atoms with E-state index in [4.69, 9.17) is 9.84 Å². The molecule has 2 amide bonds. The van der Waals surface area contributed by atoms with E-state index in [1.54, 1.807) is 24.3 Å². The van der Waals surface area contributed by atoms with E-state index in [0.717, 1.165) is 10.5 Å². The van der Waals surface area contributed by atoms with Gasteiger partial charge in [0.2, 0.25) is 0 Å². The SMILES string of the molecule is CC(=O)C(Cc1ccc(OC(C)(C)CCO)cc1)N1C(=O)C=CC1=O. The number of benzene rings is 1. The molecule has 1 aliphatic heterocycles. The minimum Gasteiger partial charge on any atom is -0.488 e. The molecule has 0 saturated carbocycles. The Kier molecular flexibility index (Phi) is 5.74. The first-order chi connectivity index (χ1) is 11.7. The summed E-state index contributed by atoms with van der Waals surface area (Å²) in [5, 5.41) is 9.05. The Bertz CT molecular complexity index is 672. The van der Waals surface area contributed by atoms with E-state index in [1.807, 2.05) is 13.8 Å². The molecule has 6 heteroatoms. The Labute approximate surface area is 147 Å². The predicted octanol–water partition coefficient (Wildman–Crippen LogP) is 1.65. The number of hydrogen-bond acceptors (Lipinski definition) is 5. The molecule has 1 aliphatic rings. The van der Waals surface area contributed by atoms with Gasteiger partial charge in [-0.15, -0.1) is 0 Å². The summed E-state index contributed by atoms with van der Waals surface area (Å²) in [6, 6.07) is 6.35. The summed E-state index contributed by atoms with van der Waals surface area (Å²) in [5.41, 5.74) is 0.332. The Morgan fingerprint density at radius 1 is 1.16 bits per heavy atom. The molecule has 0 fully saturated rings. The molecule has 1 aromatic rings. The van der Waals surface area contributed by atoms with Crippen LogP contribution in [0.4, 0.5) is 0 Å². The van der Waals surface area contributed by atoms with E-state index in [-0.39, 0.29) is 18.8 Å². The van der Waals surface area contributed by atoms with Gasteiger partial charge in [-0.25, -0.2) is 0 Å². The number of aliphatic hydroxyl groups excluding tert-OH is 1. The van der Waals surface area contributed by atoms with Gasteiger partial charge in [0.15, 0.2) is 5.78 Å². The van der Waals surface area contributed by atoms with Gasteiger partial charge in [0.1, 0.15) is 17.4 Å². The molecule has 1 unspecified atom stereocenters. The topological polar surface area (TPSA) is 83.9 Å². The van der Waals surface area contributed by atoms with Gasteiger partial charge in [-0.2, -0.15) is 0 Å². The number of nitrogens with zero attached hydrogens (tertiary/aromatic N) is 1. The molecule has 1 aromatic carbocycles. The monoisotopic (exact) mass is 345 g/mol. The Morgan fingerprint density at radius 3 is 2.20 bits per heavy atom. The zero-order valence-electron chi connectivity index (χ0n) is 14.7. The normalized spacial score (nSPS) is 15.6. The molecular weight excluding hydrogens is 322 g/mol. The molecule has 0 radical (unpaired) electrons. The molecule has 134 valence electrons. The van der Waals surface area contributed by atoms with Crippen molar-refractivity contribution < 1.29 is 24.2 Å². The number of imide groups is 1. The fourth-order valence-corrected chi connectivity index (χ4v) is 2.69. The number of rotatable bonds is 8. The van der Waals surface area contributed by atoms with E-state index in [1.165, 1.54) is 19.1 Å². The lowest BCUT2D eigenvalue weighted by Crippen LogP contribution is -2.45. The lowest BCUT2D eigenvalue weighted by molar-refractivity contribution is -0.144. The fourth-order valence-electron chi connectivity index (χ4n) is 2.69. The minimum absolute atomic E-state index is 0.0390. The van der Waals surface area contributed by atoms with Gasteiger partial charge in [0.25, 0.3) is 11.8 Å². The van der Waals surface area contributed by atoms with Crippen molar-refractivity contribution in [3.05, 3.63) is 42.0 Å². The van der Waals surface area contributed by atoms with Crippen molar-refractivity contribution in [2.75, 3.05) is 6.61 Å². The summed E-state index contributed by atoms with van der Waals surface area (Å²) < 4.78 is 5.83. The molecule has 0 bridgehead atoms. The zero-order chi connectivity index (χ0) is 18.6. The molecule has 0 aromatic heterocycles. The number of Topliss-reactive ketones (excluding diaryl/α,β-unsaturated/α-hetero) is 1. The van der Waals surface area contributed by atoms with E-state index in [9.17, 15) is 14.4 Å². The van der Waals surface area contributed by atoms with Crippen LogP contribution in [-0.2, 0) is 20.8 Å². The molecule has 1 heterocycles. The fraction of sp³-hybridized carbons (Fsp3) is 0.421. The van der Waals surface area contributed by atoms with Gasteiger partial charge in [-0.1, -0.05) is 12.1 Å². The van der Waals surface area contributed by atoms with Crippen molar-refractivity contribution in [3.8, 4) is 5.75 Å². The van der Waals surface area contributed by atoms with Crippen LogP contribution in [0.2, 0.25) is 0 Å². The summed E-state index contributed by atoms with van der Waals surface area (Å²) in [7, 11) is 0. The third-order valence-corrected chi connectivity index (χ3v) is 4.08. The van der Waals surface area contributed by atoms with Crippen LogP contribution in [0.1, 0.15) is 32.8 Å². The summed E-state index contributed by atoms with van der Waals surface area (Å²) in [4.78, 5) is 36.6. The van der Waals surface area contributed by atoms with Gasteiger partial charge >= 0.3 is 0 Å². The number of amides is 2. The lowest BCUT2D eigenvalue weighted by atomic mass is 10.0. The van der Waals surface area contributed by atoms with Crippen LogP contribution >= 0.6 is 0 Å². The maximum atomic E-state index is 11.9. The molecule has 0 saturated heterocycles. The van der Waals surface area contributed by atoms with Crippen LogP contribution in [0.5, 0.6) is 5.75 Å². The van der Waals surface area contributed by atoms with Crippen molar-refractivity contribution in [1.29, 1.82) is 0 Å². The molecule has 1 N–H and O–H groups in total. The Morgan fingerprint density at radius 2 is 1.72 bits per heavy atom. The van der Waals surface area contributed by atoms with Crippen LogP contribution in [0, 0.1) is 0 Å². The number of ether oxygens (including phenoxy) is 1. The molecule has 0 aliphatic carbocycles. The van der Waals surface area contributed by atoms with Crippen molar-refractivity contribution >= 4 is 17.6 Å². The molecule has 2 rings (SSSR count). The number of hydrogen-bond donors (Lipinski definition) is 1. The highest BCUT2D eigenvalue weighted by atomic mass is 16.5. The average molecular weight is 345 g/mol. The highest BCUT2D eigenvalue weighted by molar-refractivity contribution is 6.15. The largest absolute Gasteiger partial charge is 0.488 e. The van der Waals surface area contributed by atoms with E-state index in [2.05, 4.69) is 0 Å². The Hall–Kier alpha value is -2.47. The van der Waals surface area contributed by atoms with Crippen molar-refractivity contribution in [3.63, 3.8) is 0 Å². The molecule has 6 nitrogen and oxygen atoms in total. The summed E-state index contributed by atoms with van der Waals surface area (Å²) in [6.45, 7) is 5.19. The van der Waals surface area contributed by atoms with Gasteiger partial charge in [-0.05, 0) is 38.5 Å². The van der Waals surface area contributed by atoms with Gasteiger partial charge in [-0.3, -0.25) is 19.3 Å². The van der Waals surface area contributed by atoms with Crippen molar-refractivity contribution in [1.82, 2.24) is 4.90 Å². The van der Waals surface area contributed by atoms with E-state index in [0.29, 0.717) is 12.2 Å². The summed E-state index contributed by atoms with van der Waals surface area (Å²) >= 11 is 0. The van der Waals surface area contributed by atoms with Crippen LogP contribution in [0.3, 0.4) is 0 Å². The predicted molar refractivity (Wildman–Crippen MR) is 92.0 cm³/mol. The van der Waals surface area contributed by atoms with E-state index < -0.39 is 23.5 Å². The minimum atomic E-state index is -0.812. The summed E-state index contributed by atoms with van der Waals surface area (Å²) in [5.74, 6) is -0.516. The number of carbonyl (C=O) groups excluding carboxylic acids is 3. The molecule has 25 heavy (non-hydrogen) atoms. The number of ketones is 1.